The van der Waals surface area contributed by atoms with E-state index in [0.29, 0.717) is 23.5 Å². The Morgan fingerprint density at radius 3 is 2.55 bits per heavy atom. The van der Waals surface area contributed by atoms with Gasteiger partial charge in [-0.1, -0.05) is 6.07 Å². The first-order valence-electron chi connectivity index (χ1n) is 10.8. The lowest BCUT2D eigenvalue weighted by molar-refractivity contribution is -0.137. The number of piperidine rings is 2. The fourth-order valence-electron chi connectivity index (χ4n) is 4.70. The fourth-order valence-corrected chi connectivity index (χ4v) is 4.70. The van der Waals surface area contributed by atoms with Crippen LogP contribution in [0.4, 0.5) is 13.2 Å². The highest BCUT2D eigenvalue weighted by Crippen LogP contribution is 2.39. The highest BCUT2D eigenvalue weighted by molar-refractivity contribution is 5.99. The van der Waals surface area contributed by atoms with E-state index in [1.165, 1.54) is 6.07 Å². The molecule has 0 radical (unpaired) electrons. The van der Waals surface area contributed by atoms with Crippen LogP contribution in [0.25, 0.3) is 11.4 Å². The third kappa shape index (κ3) is 4.27. The molecule has 1 saturated carbocycles. The van der Waals surface area contributed by atoms with Crippen LogP contribution in [-0.4, -0.2) is 44.4 Å². The highest BCUT2D eigenvalue weighted by Gasteiger charge is 2.45. The molecule has 9 heteroatoms. The molecule has 6 rings (SSSR count). The molecule has 0 N–H and O–H groups in total. The normalized spacial score (nSPS) is 22.3. The lowest BCUT2D eigenvalue weighted by Crippen LogP contribution is -2.59. The van der Waals surface area contributed by atoms with Gasteiger partial charge in [-0.05, 0) is 55.5 Å². The predicted octanol–water partition coefficient (Wildman–Crippen LogP) is 4.63. The van der Waals surface area contributed by atoms with Gasteiger partial charge in [-0.2, -0.15) is 13.2 Å². The van der Waals surface area contributed by atoms with Crippen LogP contribution in [0.5, 0.6) is 5.88 Å². The average Bonchev–Trinajstić information content (AvgIpc) is 2.84. The van der Waals surface area contributed by atoms with Crippen LogP contribution >= 0.6 is 0 Å². The van der Waals surface area contributed by atoms with Gasteiger partial charge in [0.1, 0.15) is 11.8 Å². The van der Waals surface area contributed by atoms with Crippen molar-refractivity contribution in [3.05, 3.63) is 72.2 Å². The summed E-state index contributed by atoms with van der Waals surface area (Å²) in [5, 5.41) is 0. The average molecular weight is 454 g/mol. The van der Waals surface area contributed by atoms with Crippen molar-refractivity contribution in [2.24, 2.45) is 5.92 Å². The largest absolute Gasteiger partial charge is 0.472 e. The number of carbonyl (C=O) groups excluding carboxylic acids is 1. The van der Waals surface area contributed by atoms with Crippen LogP contribution in [-0.2, 0) is 6.18 Å². The van der Waals surface area contributed by atoms with E-state index in [2.05, 4.69) is 15.0 Å². The molecular formula is C24H21F3N4O2. The molecule has 33 heavy (non-hydrogen) atoms. The number of amides is 1. The summed E-state index contributed by atoms with van der Waals surface area (Å²) in [6, 6.07) is 10.9. The Kier molecular flexibility index (Phi) is 5.47. The van der Waals surface area contributed by atoms with Crippen molar-refractivity contribution in [2.45, 2.75) is 37.6 Å². The zero-order valence-electron chi connectivity index (χ0n) is 17.6. The fraction of sp³-hybridized carbons (Fsp3) is 0.333. The molecule has 3 unspecified atom stereocenters. The van der Waals surface area contributed by atoms with Crippen molar-refractivity contribution in [1.82, 2.24) is 19.9 Å². The van der Waals surface area contributed by atoms with Gasteiger partial charge in [0.25, 0.3) is 5.91 Å². The molecular weight excluding hydrogens is 433 g/mol. The molecule has 3 aromatic heterocycles. The quantitative estimate of drug-likeness (QED) is 0.575. The van der Waals surface area contributed by atoms with Crippen molar-refractivity contribution < 1.29 is 22.7 Å². The monoisotopic (exact) mass is 454 g/mol. The van der Waals surface area contributed by atoms with Gasteiger partial charge in [0.2, 0.25) is 5.88 Å². The lowest BCUT2D eigenvalue weighted by atomic mass is 9.77. The van der Waals surface area contributed by atoms with Gasteiger partial charge in [-0.3, -0.25) is 14.8 Å². The molecule has 0 spiro atoms. The standard InChI is InChI=1S/C24H21F3N4O2/c25-24(26,27)16-7-9-21(30-13-16)33-20-12-15-6-8-19(20)31(14-15)23(32)17-4-3-11-29-22(17)18-5-1-2-10-28-18/h1-5,7,9-11,13,15,19-20H,6,8,12,14H2. The second kappa shape index (κ2) is 8.46. The third-order valence-electron chi connectivity index (χ3n) is 6.26. The number of carbonyl (C=O) groups is 1. The summed E-state index contributed by atoms with van der Waals surface area (Å²) in [6.45, 7) is 0.611. The summed E-state index contributed by atoms with van der Waals surface area (Å²) in [4.78, 5) is 28.0. The predicted molar refractivity (Wildman–Crippen MR) is 113 cm³/mol. The highest BCUT2D eigenvalue weighted by atomic mass is 19.4. The lowest BCUT2D eigenvalue weighted by Gasteiger charge is -2.49. The van der Waals surface area contributed by atoms with Gasteiger partial charge in [0, 0.05) is 31.2 Å². The first-order chi connectivity index (χ1) is 15.9. The maximum absolute atomic E-state index is 13.6. The molecule has 2 saturated heterocycles. The minimum atomic E-state index is -4.45. The number of pyridine rings is 3. The van der Waals surface area contributed by atoms with E-state index in [9.17, 15) is 18.0 Å². The molecule has 5 heterocycles. The Morgan fingerprint density at radius 2 is 1.85 bits per heavy atom. The van der Waals surface area contributed by atoms with Crippen molar-refractivity contribution in [1.29, 1.82) is 0 Å². The first-order valence-corrected chi connectivity index (χ1v) is 10.8. The van der Waals surface area contributed by atoms with Crippen LogP contribution in [0.1, 0.15) is 35.2 Å². The number of fused-ring (bicyclic) bond motifs is 3. The Balaban J connectivity index is 1.38. The molecule has 2 bridgehead atoms. The zero-order chi connectivity index (χ0) is 23.0. The van der Waals surface area contributed by atoms with Gasteiger partial charge in [0.15, 0.2) is 0 Å². The Morgan fingerprint density at radius 1 is 1.00 bits per heavy atom. The molecule has 170 valence electrons. The van der Waals surface area contributed by atoms with E-state index in [1.54, 1.807) is 30.6 Å². The molecule has 1 amide bonds. The van der Waals surface area contributed by atoms with Gasteiger partial charge in [-0.15, -0.1) is 0 Å². The molecule has 6 nitrogen and oxygen atoms in total. The van der Waals surface area contributed by atoms with E-state index in [1.807, 2.05) is 17.0 Å². The van der Waals surface area contributed by atoms with Gasteiger partial charge < -0.3 is 9.64 Å². The Labute approximate surface area is 188 Å². The van der Waals surface area contributed by atoms with Crippen molar-refractivity contribution in [3.8, 4) is 17.3 Å². The molecule has 1 aliphatic carbocycles. The number of aromatic nitrogens is 3. The molecule has 3 fully saturated rings. The van der Waals surface area contributed by atoms with E-state index < -0.39 is 11.7 Å². The van der Waals surface area contributed by atoms with E-state index >= 15 is 0 Å². The van der Waals surface area contributed by atoms with Gasteiger partial charge in [0.05, 0.1) is 22.9 Å². The molecule has 3 aliphatic rings. The summed E-state index contributed by atoms with van der Waals surface area (Å²) >= 11 is 0. The molecule has 3 atom stereocenters. The number of hydrogen-bond acceptors (Lipinski definition) is 5. The number of nitrogens with zero attached hydrogens (tertiary/aromatic N) is 4. The van der Waals surface area contributed by atoms with E-state index in [4.69, 9.17) is 4.74 Å². The van der Waals surface area contributed by atoms with Crippen molar-refractivity contribution >= 4 is 5.91 Å². The second-order valence-corrected chi connectivity index (χ2v) is 8.36. The van der Waals surface area contributed by atoms with Crippen LogP contribution in [0.15, 0.2) is 61.1 Å². The van der Waals surface area contributed by atoms with E-state index in [0.717, 1.165) is 31.5 Å². The van der Waals surface area contributed by atoms with Crippen LogP contribution < -0.4 is 4.74 Å². The minimum absolute atomic E-state index is 0.128. The smallest absolute Gasteiger partial charge is 0.417 e. The van der Waals surface area contributed by atoms with Crippen LogP contribution in [0.2, 0.25) is 0 Å². The molecule has 2 aliphatic heterocycles. The number of rotatable bonds is 4. The summed E-state index contributed by atoms with van der Waals surface area (Å²) in [7, 11) is 0. The minimum Gasteiger partial charge on any atom is -0.472 e. The van der Waals surface area contributed by atoms with Gasteiger partial charge >= 0.3 is 6.18 Å². The van der Waals surface area contributed by atoms with Crippen molar-refractivity contribution in [3.63, 3.8) is 0 Å². The summed E-state index contributed by atoms with van der Waals surface area (Å²) < 4.78 is 44.5. The van der Waals surface area contributed by atoms with Crippen molar-refractivity contribution in [2.75, 3.05) is 6.54 Å². The second-order valence-electron chi connectivity index (χ2n) is 8.36. The third-order valence-corrected chi connectivity index (χ3v) is 6.26. The van der Waals surface area contributed by atoms with E-state index in [-0.39, 0.29) is 29.9 Å². The molecule has 0 aromatic carbocycles. The molecule has 3 aromatic rings. The number of hydrogen-bond donors (Lipinski definition) is 0. The van der Waals surface area contributed by atoms with Crippen LogP contribution in [0, 0.1) is 5.92 Å². The maximum atomic E-state index is 13.6. The summed E-state index contributed by atoms with van der Waals surface area (Å²) in [5.41, 5.74) is 0.780. The van der Waals surface area contributed by atoms with Gasteiger partial charge in [-0.25, -0.2) is 4.98 Å². The Bertz CT molecular complexity index is 1140. The zero-order valence-corrected chi connectivity index (χ0v) is 17.6. The number of alkyl halides is 3. The Hall–Kier alpha value is -3.49. The topological polar surface area (TPSA) is 68.2 Å². The number of halogens is 3. The summed E-state index contributed by atoms with van der Waals surface area (Å²) in [6.07, 6.45) is 1.75. The maximum Gasteiger partial charge on any atom is 0.417 e. The first kappa shape index (κ1) is 21.4. The summed E-state index contributed by atoms with van der Waals surface area (Å²) in [5.74, 6) is 0.240. The van der Waals surface area contributed by atoms with Crippen LogP contribution in [0.3, 0.4) is 0 Å². The number of ether oxygens (including phenoxy) is 1. The SMILES string of the molecule is O=C(c1cccnc1-c1ccccn1)N1CC2CCC1C(Oc1ccc(C(F)(F)F)cn1)C2.